The highest BCUT2D eigenvalue weighted by Crippen LogP contribution is 2.30. The summed E-state index contributed by atoms with van der Waals surface area (Å²) in [5.41, 5.74) is 2.81. The van der Waals surface area contributed by atoms with E-state index in [1.165, 1.54) is 13.2 Å². The van der Waals surface area contributed by atoms with Gasteiger partial charge in [-0.2, -0.15) is 4.98 Å². The SMILES string of the molecule is COc1ccc(-c2nc(Cl)nc3nc(C)c(C)nc23)c(F)c1. The van der Waals surface area contributed by atoms with Gasteiger partial charge in [0.05, 0.1) is 18.5 Å². The molecule has 1 aromatic carbocycles. The van der Waals surface area contributed by atoms with Crippen molar-refractivity contribution < 1.29 is 9.13 Å². The van der Waals surface area contributed by atoms with Gasteiger partial charge < -0.3 is 4.74 Å². The number of methoxy groups -OCH3 is 1. The van der Waals surface area contributed by atoms with Crippen LogP contribution in [0.5, 0.6) is 5.75 Å². The third-order valence-corrected chi connectivity index (χ3v) is 3.52. The van der Waals surface area contributed by atoms with Crippen LogP contribution in [0, 0.1) is 19.7 Å². The molecule has 0 fully saturated rings. The number of rotatable bonds is 2. The molecule has 7 heteroatoms. The van der Waals surface area contributed by atoms with E-state index in [-0.39, 0.29) is 10.8 Å². The molecule has 0 bridgehead atoms. The van der Waals surface area contributed by atoms with Crippen LogP contribution in [0.4, 0.5) is 4.39 Å². The van der Waals surface area contributed by atoms with Crippen LogP contribution >= 0.6 is 11.6 Å². The molecule has 0 spiro atoms. The molecule has 0 aliphatic carbocycles. The molecule has 0 aliphatic rings. The second-order valence-corrected chi connectivity index (χ2v) is 5.09. The van der Waals surface area contributed by atoms with Gasteiger partial charge >= 0.3 is 0 Å². The first-order valence-corrected chi connectivity index (χ1v) is 6.90. The normalized spacial score (nSPS) is 11.0. The fraction of sp³-hybridized carbons (Fsp3) is 0.200. The average Bonchev–Trinajstić information content (AvgIpc) is 2.48. The molecule has 3 rings (SSSR count). The van der Waals surface area contributed by atoms with E-state index in [0.29, 0.717) is 22.6 Å². The second kappa shape index (κ2) is 5.46. The predicted molar refractivity (Wildman–Crippen MR) is 81.6 cm³/mol. The van der Waals surface area contributed by atoms with Gasteiger partial charge in [0.2, 0.25) is 5.28 Å². The van der Waals surface area contributed by atoms with E-state index in [1.807, 2.05) is 13.8 Å². The number of fused-ring (bicyclic) bond motifs is 1. The maximum Gasteiger partial charge on any atom is 0.225 e. The van der Waals surface area contributed by atoms with E-state index in [4.69, 9.17) is 16.3 Å². The van der Waals surface area contributed by atoms with E-state index in [9.17, 15) is 4.39 Å². The number of benzene rings is 1. The molecule has 112 valence electrons. The van der Waals surface area contributed by atoms with E-state index in [1.54, 1.807) is 12.1 Å². The zero-order valence-corrected chi connectivity index (χ0v) is 12.9. The minimum Gasteiger partial charge on any atom is -0.497 e. The summed E-state index contributed by atoms with van der Waals surface area (Å²) in [6.45, 7) is 3.65. The van der Waals surface area contributed by atoms with Gasteiger partial charge in [0.1, 0.15) is 22.8 Å². The Bertz CT molecular complexity index is 885. The number of nitrogens with zero attached hydrogens (tertiary/aromatic N) is 4. The summed E-state index contributed by atoms with van der Waals surface area (Å²) in [7, 11) is 1.48. The topological polar surface area (TPSA) is 60.8 Å². The monoisotopic (exact) mass is 318 g/mol. The smallest absolute Gasteiger partial charge is 0.225 e. The largest absolute Gasteiger partial charge is 0.497 e. The zero-order valence-electron chi connectivity index (χ0n) is 12.2. The molecule has 3 aromatic rings. The Morgan fingerprint density at radius 2 is 1.77 bits per heavy atom. The van der Waals surface area contributed by atoms with Crippen molar-refractivity contribution in [3.63, 3.8) is 0 Å². The number of ether oxygens (including phenoxy) is 1. The lowest BCUT2D eigenvalue weighted by atomic mass is 10.1. The summed E-state index contributed by atoms with van der Waals surface area (Å²) in [5, 5.41) is -0.00438. The minimum absolute atomic E-state index is 0.00438. The van der Waals surface area contributed by atoms with Gasteiger partial charge in [-0.15, -0.1) is 0 Å². The molecular weight excluding hydrogens is 307 g/mol. The van der Waals surface area contributed by atoms with Crippen molar-refractivity contribution >= 4 is 22.8 Å². The predicted octanol–water partition coefficient (Wildman–Crippen LogP) is 3.50. The number of hydrogen-bond donors (Lipinski definition) is 0. The second-order valence-electron chi connectivity index (χ2n) is 4.75. The molecule has 0 atom stereocenters. The summed E-state index contributed by atoms with van der Waals surface area (Å²) < 4.78 is 19.3. The van der Waals surface area contributed by atoms with Crippen LogP contribution in [0.1, 0.15) is 11.4 Å². The Kier molecular flexibility index (Phi) is 3.62. The van der Waals surface area contributed by atoms with Gasteiger partial charge in [-0.05, 0) is 37.6 Å². The van der Waals surface area contributed by atoms with Crippen molar-refractivity contribution in [1.29, 1.82) is 0 Å². The first-order valence-electron chi connectivity index (χ1n) is 6.52. The lowest BCUT2D eigenvalue weighted by Crippen LogP contribution is -2.01. The standard InChI is InChI=1S/C15H12ClFN4O/c1-7-8(2)19-14-13(18-7)12(20-15(16)21-14)10-5-4-9(22-3)6-11(10)17/h4-6H,1-3H3. The molecule has 2 aromatic heterocycles. The van der Waals surface area contributed by atoms with E-state index in [0.717, 1.165) is 11.4 Å². The Labute approximate surface area is 131 Å². The third-order valence-electron chi connectivity index (χ3n) is 3.35. The Hall–Kier alpha value is -2.34. The molecular formula is C15H12ClFN4O. The number of aryl methyl sites for hydroxylation is 2. The van der Waals surface area contributed by atoms with Crippen LogP contribution < -0.4 is 4.74 Å². The van der Waals surface area contributed by atoms with Crippen molar-refractivity contribution in [2.75, 3.05) is 7.11 Å². The first kappa shape index (κ1) is 14.6. The van der Waals surface area contributed by atoms with Gasteiger partial charge in [0.25, 0.3) is 0 Å². The van der Waals surface area contributed by atoms with E-state index in [2.05, 4.69) is 19.9 Å². The van der Waals surface area contributed by atoms with Crippen molar-refractivity contribution in [2.24, 2.45) is 0 Å². The molecule has 22 heavy (non-hydrogen) atoms. The summed E-state index contributed by atoms with van der Waals surface area (Å²) in [6.07, 6.45) is 0. The van der Waals surface area contributed by atoms with E-state index < -0.39 is 5.82 Å². The quantitative estimate of drug-likeness (QED) is 0.677. The van der Waals surface area contributed by atoms with Crippen molar-refractivity contribution in [3.05, 3.63) is 40.7 Å². The molecule has 0 saturated carbocycles. The molecule has 0 radical (unpaired) electrons. The Morgan fingerprint density at radius 3 is 2.45 bits per heavy atom. The molecule has 0 unspecified atom stereocenters. The lowest BCUT2D eigenvalue weighted by molar-refractivity contribution is 0.411. The van der Waals surface area contributed by atoms with Crippen molar-refractivity contribution in [1.82, 2.24) is 19.9 Å². The fourth-order valence-corrected chi connectivity index (χ4v) is 2.25. The average molecular weight is 319 g/mol. The van der Waals surface area contributed by atoms with Gasteiger partial charge in [0.15, 0.2) is 5.65 Å². The molecule has 0 aliphatic heterocycles. The fourth-order valence-electron chi connectivity index (χ4n) is 2.09. The maximum atomic E-state index is 14.3. The molecule has 0 amide bonds. The summed E-state index contributed by atoms with van der Waals surface area (Å²) in [6, 6.07) is 4.50. The van der Waals surface area contributed by atoms with Crippen LogP contribution in [-0.2, 0) is 0 Å². The Morgan fingerprint density at radius 1 is 1.05 bits per heavy atom. The third kappa shape index (κ3) is 2.46. The van der Waals surface area contributed by atoms with Crippen LogP contribution in [0.2, 0.25) is 5.28 Å². The molecule has 2 heterocycles. The molecule has 5 nitrogen and oxygen atoms in total. The van der Waals surface area contributed by atoms with Crippen LogP contribution in [-0.4, -0.2) is 27.0 Å². The minimum atomic E-state index is -0.476. The van der Waals surface area contributed by atoms with Gasteiger partial charge in [-0.3, -0.25) is 0 Å². The lowest BCUT2D eigenvalue weighted by Gasteiger charge is -2.09. The van der Waals surface area contributed by atoms with Crippen molar-refractivity contribution in [2.45, 2.75) is 13.8 Å². The number of aromatic nitrogens is 4. The van der Waals surface area contributed by atoms with Crippen LogP contribution in [0.15, 0.2) is 18.2 Å². The van der Waals surface area contributed by atoms with Gasteiger partial charge in [-0.25, -0.2) is 19.3 Å². The summed E-state index contributed by atoms with van der Waals surface area (Å²) in [4.78, 5) is 17.0. The highest BCUT2D eigenvalue weighted by atomic mass is 35.5. The van der Waals surface area contributed by atoms with Gasteiger partial charge in [-0.1, -0.05) is 0 Å². The maximum absolute atomic E-state index is 14.3. The molecule has 0 saturated heterocycles. The van der Waals surface area contributed by atoms with Gasteiger partial charge in [0, 0.05) is 11.6 Å². The number of halogens is 2. The van der Waals surface area contributed by atoms with Crippen molar-refractivity contribution in [3.8, 4) is 17.0 Å². The van der Waals surface area contributed by atoms with Crippen LogP contribution in [0.3, 0.4) is 0 Å². The van der Waals surface area contributed by atoms with E-state index >= 15 is 0 Å². The first-order chi connectivity index (χ1) is 10.5. The summed E-state index contributed by atoms with van der Waals surface area (Å²) >= 11 is 5.94. The zero-order chi connectivity index (χ0) is 15.9. The number of hydrogen-bond acceptors (Lipinski definition) is 5. The molecule has 0 N–H and O–H groups in total. The highest BCUT2D eigenvalue weighted by molar-refractivity contribution is 6.28. The van der Waals surface area contributed by atoms with Crippen LogP contribution in [0.25, 0.3) is 22.4 Å². The Balaban J connectivity index is 2.32. The summed E-state index contributed by atoms with van der Waals surface area (Å²) in [5.74, 6) is -0.0562. The highest BCUT2D eigenvalue weighted by Gasteiger charge is 2.16.